The van der Waals surface area contributed by atoms with Crippen LogP contribution in [0.5, 0.6) is 0 Å². The van der Waals surface area contributed by atoms with Gasteiger partial charge in [-0.3, -0.25) is 9.69 Å². The van der Waals surface area contributed by atoms with E-state index in [4.69, 9.17) is 4.74 Å². The summed E-state index contributed by atoms with van der Waals surface area (Å²) in [6, 6.07) is 4.35. The first-order chi connectivity index (χ1) is 8.15. The molecular weight excluding hydrogens is 234 g/mol. The SMILES string of the molecule is COC(=O)C(C1CC1)N(C)C(C)c1cccs1. The standard InChI is InChI=1S/C13H19NO2S/c1-9(11-5-4-8-17-11)14(2)12(10-6-7-10)13(15)16-3/h4-5,8-10,12H,6-7H2,1-3H3. The largest absolute Gasteiger partial charge is 0.468 e. The van der Waals surface area contributed by atoms with Gasteiger partial charge in [-0.2, -0.15) is 0 Å². The first kappa shape index (κ1) is 12.6. The smallest absolute Gasteiger partial charge is 0.323 e. The van der Waals surface area contributed by atoms with Crippen LogP contribution < -0.4 is 0 Å². The summed E-state index contributed by atoms with van der Waals surface area (Å²) < 4.78 is 4.93. The molecule has 94 valence electrons. The molecule has 0 spiro atoms. The Bertz CT molecular complexity index is 373. The maximum Gasteiger partial charge on any atom is 0.323 e. The average Bonchev–Trinajstić information content (AvgIpc) is 3.01. The lowest BCUT2D eigenvalue weighted by molar-refractivity contribution is -0.148. The van der Waals surface area contributed by atoms with E-state index < -0.39 is 0 Å². The van der Waals surface area contributed by atoms with Gasteiger partial charge in [-0.1, -0.05) is 6.07 Å². The van der Waals surface area contributed by atoms with Crippen molar-refractivity contribution >= 4 is 17.3 Å². The van der Waals surface area contributed by atoms with Crippen LogP contribution in [0.25, 0.3) is 0 Å². The second-order valence-corrected chi connectivity index (χ2v) is 5.64. The van der Waals surface area contributed by atoms with Crippen LogP contribution in [0.2, 0.25) is 0 Å². The summed E-state index contributed by atoms with van der Waals surface area (Å²) in [5, 5.41) is 2.07. The van der Waals surface area contributed by atoms with Crippen molar-refractivity contribution in [1.29, 1.82) is 0 Å². The zero-order valence-electron chi connectivity index (χ0n) is 10.6. The molecule has 0 N–H and O–H groups in total. The lowest BCUT2D eigenvalue weighted by Gasteiger charge is -2.30. The van der Waals surface area contributed by atoms with Crippen LogP contribution in [0.1, 0.15) is 30.7 Å². The molecule has 17 heavy (non-hydrogen) atoms. The second-order valence-electron chi connectivity index (χ2n) is 4.66. The van der Waals surface area contributed by atoms with Gasteiger partial charge in [0.15, 0.2) is 0 Å². The monoisotopic (exact) mass is 253 g/mol. The third-order valence-electron chi connectivity index (χ3n) is 3.52. The Hall–Kier alpha value is -0.870. The van der Waals surface area contributed by atoms with Gasteiger partial charge < -0.3 is 4.74 Å². The Labute approximate surface area is 106 Å². The second kappa shape index (κ2) is 5.19. The van der Waals surface area contributed by atoms with Gasteiger partial charge in [0.2, 0.25) is 0 Å². The number of hydrogen-bond donors (Lipinski definition) is 0. The minimum Gasteiger partial charge on any atom is -0.468 e. The minimum absolute atomic E-state index is 0.0860. The van der Waals surface area contributed by atoms with Crippen LogP contribution >= 0.6 is 11.3 Å². The van der Waals surface area contributed by atoms with Gasteiger partial charge in [0.05, 0.1) is 7.11 Å². The van der Waals surface area contributed by atoms with E-state index in [-0.39, 0.29) is 18.1 Å². The van der Waals surface area contributed by atoms with Crippen molar-refractivity contribution in [3.8, 4) is 0 Å². The van der Waals surface area contributed by atoms with Gasteiger partial charge in [-0.15, -0.1) is 11.3 Å². The Balaban J connectivity index is 2.10. The van der Waals surface area contributed by atoms with Crippen molar-refractivity contribution in [1.82, 2.24) is 4.90 Å². The lowest BCUT2D eigenvalue weighted by atomic mass is 10.1. The fourth-order valence-electron chi connectivity index (χ4n) is 2.19. The Morgan fingerprint density at radius 3 is 2.76 bits per heavy atom. The van der Waals surface area contributed by atoms with Gasteiger partial charge in [0.1, 0.15) is 6.04 Å². The quantitative estimate of drug-likeness (QED) is 0.756. The molecule has 0 saturated heterocycles. The van der Waals surface area contributed by atoms with Crippen molar-refractivity contribution in [3.63, 3.8) is 0 Å². The minimum atomic E-state index is -0.0987. The van der Waals surface area contributed by atoms with Crippen molar-refractivity contribution in [2.24, 2.45) is 5.92 Å². The fraction of sp³-hybridized carbons (Fsp3) is 0.615. The molecule has 2 unspecified atom stereocenters. The number of hydrogen-bond acceptors (Lipinski definition) is 4. The van der Waals surface area contributed by atoms with Crippen molar-refractivity contribution in [2.45, 2.75) is 31.8 Å². The molecule has 1 aromatic rings. The molecular formula is C13H19NO2S. The molecule has 4 heteroatoms. The normalized spacial score (nSPS) is 19.1. The number of likely N-dealkylation sites (N-methyl/N-ethyl adjacent to an activating group) is 1. The molecule has 0 aromatic carbocycles. The summed E-state index contributed by atoms with van der Waals surface area (Å²) in [7, 11) is 3.49. The third kappa shape index (κ3) is 2.69. The number of carbonyl (C=O) groups excluding carboxylic acids is 1. The summed E-state index contributed by atoms with van der Waals surface area (Å²) in [4.78, 5) is 15.3. The van der Waals surface area contributed by atoms with Gasteiger partial charge in [-0.25, -0.2) is 0 Å². The lowest BCUT2D eigenvalue weighted by Crippen LogP contribution is -2.42. The molecule has 0 bridgehead atoms. The maximum atomic E-state index is 11.8. The fourth-order valence-corrected chi connectivity index (χ4v) is 3.03. The summed E-state index contributed by atoms with van der Waals surface area (Å²) in [6.07, 6.45) is 2.28. The molecule has 1 heterocycles. The Kier molecular flexibility index (Phi) is 3.84. The first-order valence-corrected chi connectivity index (χ1v) is 6.86. The van der Waals surface area contributed by atoms with E-state index in [1.807, 2.05) is 7.05 Å². The van der Waals surface area contributed by atoms with Crippen molar-refractivity contribution < 1.29 is 9.53 Å². The highest BCUT2D eigenvalue weighted by atomic mass is 32.1. The number of esters is 1. The summed E-state index contributed by atoms with van der Waals surface area (Å²) in [5.74, 6) is 0.383. The molecule has 1 fully saturated rings. The molecule has 1 saturated carbocycles. The predicted molar refractivity (Wildman–Crippen MR) is 69.0 cm³/mol. The molecule has 1 aliphatic rings. The van der Waals surface area contributed by atoms with E-state index in [1.165, 1.54) is 12.0 Å². The molecule has 2 rings (SSSR count). The van der Waals surface area contributed by atoms with E-state index >= 15 is 0 Å². The van der Waals surface area contributed by atoms with Crippen LogP contribution in [-0.4, -0.2) is 31.1 Å². The highest BCUT2D eigenvalue weighted by Gasteiger charge is 2.41. The zero-order chi connectivity index (χ0) is 12.4. The number of ether oxygens (including phenoxy) is 1. The van der Waals surface area contributed by atoms with Gasteiger partial charge >= 0.3 is 5.97 Å². The molecule has 0 amide bonds. The molecule has 0 aliphatic heterocycles. The Morgan fingerprint density at radius 2 is 2.29 bits per heavy atom. The number of rotatable bonds is 5. The van der Waals surface area contributed by atoms with E-state index in [0.717, 1.165) is 12.8 Å². The predicted octanol–water partition coefficient (Wildman–Crippen LogP) is 2.69. The summed E-state index contributed by atoms with van der Waals surface area (Å²) >= 11 is 1.73. The van der Waals surface area contributed by atoms with Crippen LogP contribution in [-0.2, 0) is 9.53 Å². The number of carbonyl (C=O) groups is 1. The average molecular weight is 253 g/mol. The highest BCUT2D eigenvalue weighted by molar-refractivity contribution is 7.10. The maximum absolute atomic E-state index is 11.8. The topological polar surface area (TPSA) is 29.5 Å². The van der Waals surface area contributed by atoms with Gasteiger partial charge in [0, 0.05) is 10.9 Å². The third-order valence-corrected chi connectivity index (χ3v) is 4.56. The number of thiophene rings is 1. The molecule has 1 aromatic heterocycles. The van der Waals surface area contributed by atoms with Gasteiger partial charge in [0.25, 0.3) is 0 Å². The first-order valence-electron chi connectivity index (χ1n) is 5.98. The molecule has 0 radical (unpaired) electrons. The zero-order valence-corrected chi connectivity index (χ0v) is 11.4. The van der Waals surface area contributed by atoms with Crippen molar-refractivity contribution in [2.75, 3.05) is 14.2 Å². The molecule has 3 nitrogen and oxygen atoms in total. The van der Waals surface area contributed by atoms with Crippen molar-refractivity contribution in [3.05, 3.63) is 22.4 Å². The van der Waals surface area contributed by atoms with E-state index in [2.05, 4.69) is 29.3 Å². The van der Waals surface area contributed by atoms with Crippen LogP contribution in [0.15, 0.2) is 17.5 Å². The molecule has 2 atom stereocenters. The Morgan fingerprint density at radius 1 is 1.59 bits per heavy atom. The van der Waals surface area contributed by atoms with E-state index in [1.54, 1.807) is 11.3 Å². The summed E-state index contributed by atoms with van der Waals surface area (Å²) in [6.45, 7) is 2.14. The van der Waals surface area contributed by atoms with Gasteiger partial charge in [-0.05, 0) is 44.2 Å². The number of nitrogens with zero attached hydrogens (tertiary/aromatic N) is 1. The van der Waals surface area contributed by atoms with E-state index in [9.17, 15) is 4.79 Å². The molecule has 1 aliphatic carbocycles. The van der Waals surface area contributed by atoms with Crippen LogP contribution in [0, 0.1) is 5.92 Å². The highest BCUT2D eigenvalue weighted by Crippen LogP contribution is 2.38. The number of methoxy groups -OCH3 is 1. The van der Waals surface area contributed by atoms with Crippen LogP contribution in [0.3, 0.4) is 0 Å². The summed E-state index contributed by atoms with van der Waals surface area (Å²) in [5.41, 5.74) is 0. The van der Waals surface area contributed by atoms with E-state index in [0.29, 0.717) is 5.92 Å². The van der Waals surface area contributed by atoms with Crippen LogP contribution in [0.4, 0.5) is 0 Å².